The minimum Gasteiger partial charge on any atom is -0.325 e. The van der Waals surface area contributed by atoms with E-state index >= 15 is 0 Å². The van der Waals surface area contributed by atoms with Crippen LogP contribution >= 0.6 is 0 Å². The van der Waals surface area contributed by atoms with Crippen molar-refractivity contribution in [3.05, 3.63) is 23.8 Å². The molecule has 2 N–H and O–H groups in total. The lowest BCUT2D eigenvalue weighted by Crippen LogP contribution is -2.35. The number of hydrogen-bond acceptors (Lipinski definition) is 4. The highest BCUT2D eigenvalue weighted by atomic mass is 15.1. The second-order valence-corrected chi connectivity index (χ2v) is 5.81. The van der Waals surface area contributed by atoms with Crippen LogP contribution in [-0.4, -0.2) is 40.5 Å². The Labute approximate surface area is 103 Å². The monoisotopic (exact) mass is 234 g/mol. The third-order valence-electron chi connectivity index (χ3n) is 3.15. The van der Waals surface area contributed by atoms with Crippen molar-refractivity contribution in [3.8, 4) is 0 Å². The minimum atomic E-state index is -0.245. The first-order valence-corrected chi connectivity index (χ1v) is 6.23. The van der Waals surface area contributed by atoms with Crippen LogP contribution in [0.25, 0.3) is 0 Å². The third kappa shape index (κ3) is 3.48. The molecule has 0 bridgehead atoms. The summed E-state index contributed by atoms with van der Waals surface area (Å²) < 4.78 is 0. The Balaban J connectivity index is 2.11. The molecule has 1 aromatic rings. The van der Waals surface area contributed by atoms with Crippen molar-refractivity contribution in [1.29, 1.82) is 0 Å². The summed E-state index contributed by atoms with van der Waals surface area (Å²) in [5, 5.41) is 0. The molecule has 1 atom stereocenters. The van der Waals surface area contributed by atoms with Crippen molar-refractivity contribution in [1.82, 2.24) is 14.9 Å². The Hall–Kier alpha value is -1.00. The highest BCUT2D eigenvalue weighted by molar-refractivity contribution is 5.12. The van der Waals surface area contributed by atoms with Gasteiger partial charge in [0, 0.05) is 36.3 Å². The van der Waals surface area contributed by atoms with Crippen LogP contribution in [-0.2, 0) is 6.42 Å². The van der Waals surface area contributed by atoms with Crippen LogP contribution in [0.4, 0.5) is 0 Å². The summed E-state index contributed by atoms with van der Waals surface area (Å²) in [4.78, 5) is 11.3. The first kappa shape index (κ1) is 12.5. The average Bonchev–Trinajstić information content (AvgIpc) is 2.63. The molecule has 1 unspecified atom stereocenters. The van der Waals surface area contributed by atoms with Gasteiger partial charge in [-0.05, 0) is 39.9 Å². The summed E-state index contributed by atoms with van der Waals surface area (Å²) in [5.74, 6) is 1.42. The van der Waals surface area contributed by atoms with Crippen molar-refractivity contribution in [2.24, 2.45) is 5.73 Å². The first-order valence-electron chi connectivity index (χ1n) is 6.23. The van der Waals surface area contributed by atoms with Crippen LogP contribution in [0.2, 0.25) is 0 Å². The van der Waals surface area contributed by atoms with Gasteiger partial charge in [-0.3, -0.25) is 0 Å². The molecule has 0 radical (unpaired) electrons. The molecule has 17 heavy (non-hydrogen) atoms. The van der Waals surface area contributed by atoms with Gasteiger partial charge in [-0.25, -0.2) is 9.97 Å². The van der Waals surface area contributed by atoms with Gasteiger partial charge in [0.2, 0.25) is 0 Å². The maximum Gasteiger partial charge on any atom is 0.130 e. The summed E-state index contributed by atoms with van der Waals surface area (Å²) in [6, 6.07) is 2.04. The maximum absolute atomic E-state index is 6.00. The zero-order valence-corrected chi connectivity index (χ0v) is 11.0. The molecular weight excluding hydrogens is 212 g/mol. The molecule has 2 heterocycles. The normalized spacial score (nSPS) is 22.0. The average molecular weight is 234 g/mol. The number of nitrogens with zero attached hydrogens (tertiary/aromatic N) is 3. The number of rotatable bonds is 3. The van der Waals surface area contributed by atoms with Crippen LogP contribution < -0.4 is 5.73 Å². The summed E-state index contributed by atoms with van der Waals surface area (Å²) in [5.41, 5.74) is 6.93. The molecule has 2 rings (SSSR count). The van der Waals surface area contributed by atoms with Crippen molar-refractivity contribution in [3.63, 3.8) is 0 Å². The minimum absolute atomic E-state index is 0.245. The standard InChI is InChI=1S/C13H22N4/c1-13(2,14)8-12-15-6-4-11(16-12)10-5-7-17(3)9-10/h4,6,10H,5,7-9,14H2,1-3H3. The smallest absolute Gasteiger partial charge is 0.130 e. The van der Waals surface area contributed by atoms with Gasteiger partial charge in [-0.15, -0.1) is 0 Å². The number of hydrogen-bond donors (Lipinski definition) is 1. The van der Waals surface area contributed by atoms with Crippen molar-refractivity contribution >= 4 is 0 Å². The quantitative estimate of drug-likeness (QED) is 0.853. The Bertz CT molecular complexity index is 383. The van der Waals surface area contributed by atoms with E-state index in [1.54, 1.807) is 0 Å². The molecule has 1 fully saturated rings. The van der Waals surface area contributed by atoms with E-state index in [0.717, 1.165) is 25.3 Å². The van der Waals surface area contributed by atoms with E-state index < -0.39 is 0 Å². The van der Waals surface area contributed by atoms with E-state index in [4.69, 9.17) is 5.73 Å². The number of likely N-dealkylation sites (N-methyl/N-ethyl adjacent to an activating group) is 1. The third-order valence-corrected chi connectivity index (χ3v) is 3.15. The lowest BCUT2D eigenvalue weighted by molar-refractivity contribution is 0.410. The van der Waals surface area contributed by atoms with E-state index in [9.17, 15) is 0 Å². The van der Waals surface area contributed by atoms with Gasteiger partial charge >= 0.3 is 0 Å². The largest absolute Gasteiger partial charge is 0.325 e. The molecule has 0 amide bonds. The highest BCUT2D eigenvalue weighted by Gasteiger charge is 2.23. The fourth-order valence-corrected chi connectivity index (χ4v) is 2.31. The van der Waals surface area contributed by atoms with Crippen molar-refractivity contribution < 1.29 is 0 Å². The fourth-order valence-electron chi connectivity index (χ4n) is 2.31. The van der Waals surface area contributed by atoms with Crippen molar-refractivity contribution in [2.75, 3.05) is 20.1 Å². The van der Waals surface area contributed by atoms with Crippen LogP contribution in [0.1, 0.15) is 37.7 Å². The second-order valence-electron chi connectivity index (χ2n) is 5.81. The van der Waals surface area contributed by atoms with Gasteiger partial charge in [-0.1, -0.05) is 0 Å². The second kappa shape index (κ2) is 4.70. The van der Waals surface area contributed by atoms with Crippen molar-refractivity contribution in [2.45, 2.75) is 38.1 Å². The number of nitrogens with two attached hydrogens (primary N) is 1. The van der Waals surface area contributed by atoms with Gasteiger partial charge in [0.15, 0.2) is 0 Å². The van der Waals surface area contributed by atoms with Gasteiger partial charge < -0.3 is 10.6 Å². The van der Waals surface area contributed by atoms with Crippen LogP contribution in [0, 0.1) is 0 Å². The molecule has 1 aliphatic rings. The molecule has 1 aromatic heterocycles. The van der Waals surface area contributed by atoms with E-state index in [1.165, 1.54) is 12.1 Å². The first-order chi connectivity index (χ1) is 7.94. The molecule has 1 saturated heterocycles. The Morgan fingerprint density at radius 1 is 1.53 bits per heavy atom. The Morgan fingerprint density at radius 3 is 2.88 bits per heavy atom. The van der Waals surface area contributed by atoms with Crippen LogP contribution in [0.5, 0.6) is 0 Å². The van der Waals surface area contributed by atoms with E-state index in [0.29, 0.717) is 5.92 Å². The summed E-state index contributed by atoms with van der Waals surface area (Å²) >= 11 is 0. The molecule has 0 aromatic carbocycles. The molecule has 1 aliphatic heterocycles. The molecule has 0 aliphatic carbocycles. The lowest BCUT2D eigenvalue weighted by Gasteiger charge is -2.18. The van der Waals surface area contributed by atoms with Crippen LogP contribution in [0.3, 0.4) is 0 Å². The zero-order valence-electron chi connectivity index (χ0n) is 11.0. The topological polar surface area (TPSA) is 55.0 Å². The summed E-state index contributed by atoms with van der Waals surface area (Å²) in [6.45, 7) is 6.27. The number of aromatic nitrogens is 2. The molecular formula is C13H22N4. The highest BCUT2D eigenvalue weighted by Crippen LogP contribution is 2.24. The molecule has 0 spiro atoms. The van der Waals surface area contributed by atoms with E-state index in [-0.39, 0.29) is 5.54 Å². The molecule has 4 heteroatoms. The molecule has 4 nitrogen and oxygen atoms in total. The Kier molecular flexibility index (Phi) is 3.45. The number of likely N-dealkylation sites (tertiary alicyclic amines) is 1. The van der Waals surface area contributed by atoms with Gasteiger partial charge in [0.1, 0.15) is 5.82 Å². The maximum atomic E-state index is 6.00. The van der Waals surface area contributed by atoms with Gasteiger partial charge in [0.05, 0.1) is 0 Å². The SMILES string of the molecule is CN1CCC(c2ccnc(CC(C)(C)N)n2)C1. The van der Waals surface area contributed by atoms with E-state index in [1.807, 2.05) is 26.1 Å². The predicted octanol–water partition coefficient (Wildman–Crippen LogP) is 1.18. The molecule has 0 saturated carbocycles. The van der Waals surface area contributed by atoms with Gasteiger partial charge in [0.25, 0.3) is 0 Å². The Morgan fingerprint density at radius 2 is 2.29 bits per heavy atom. The van der Waals surface area contributed by atoms with Gasteiger partial charge in [-0.2, -0.15) is 0 Å². The van der Waals surface area contributed by atoms with Crippen LogP contribution in [0.15, 0.2) is 12.3 Å². The van der Waals surface area contributed by atoms with E-state index in [2.05, 4.69) is 21.9 Å². The molecule has 94 valence electrons. The lowest BCUT2D eigenvalue weighted by atomic mass is 10.0. The predicted molar refractivity (Wildman–Crippen MR) is 68.9 cm³/mol. The fraction of sp³-hybridized carbons (Fsp3) is 0.692. The summed E-state index contributed by atoms with van der Waals surface area (Å²) in [6.07, 6.45) is 3.78. The summed E-state index contributed by atoms with van der Waals surface area (Å²) in [7, 11) is 2.16. The zero-order chi connectivity index (χ0) is 12.5.